The van der Waals surface area contributed by atoms with Gasteiger partial charge in [-0.1, -0.05) is 127 Å². The van der Waals surface area contributed by atoms with Crippen molar-refractivity contribution in [1.29, 1.82) is 0 Å². The van der Waals surface area contributed by atoms with E-state index in [0.717, 1.165) is 61.6 Å². The van der Waals surface area contributed by atoms with Gasteiger partial charge in [0.15, 0.2) is 5.84 Å². The average molecular weight is 749 g/mol. The van der Waals surface area contributed by atoms with E-state index >= 15 is 0 Å². The molecule has 0 bridgehead atoms. The molecule has 8 aromatic carbocycles. The first-order valence-electron chi connectivity index (χ1n) is 19.2. The molecule has 0 aliphatic carbocycles. The van der Waals surface area contributed by atoms with Crippen molar-refractivity contribution in [2.45, 2.75) is 6.17 Å². The Balaban J connectivity index is 1.00. The van der Waals surface area contributed by atoms with Crippen LogP contribution in [0.3, 0.4) is 0 Å². The van der Waals surface area contributed by atoms with Crippen molar-refractivity contribution in [2.75, 3.05) is 0 Å². The number of para-hydroxylation sites is 2. The Morgan fingerprint density at radius 2 is 1.18 bits per heavy atom. The molecule has 0 radical (unpaired) electrons. The molecular formula is C51H32N4OS. The van der Waals surface area contributed by atoms with E-state index in [1.165, 1.54) is 47.5 Å². The Kier molecular flexibility index (Phi) is 7.09. The number of aliphatic imine (C=N–C) groups is 2. The van der Waals surface area contributed by atoms with Crippen LogP contribution in [-0.2, 0) is 0 Å². The number of amidine groups is 2. The van der Waals surface area contributed by atoms with Gasteiger partial charge in [-0.05, 0) is 71.3 Å². The number of hydrogen-bond acceptors (Lipinski definition) is 5. The zero-order valence-electron chi connectivity index (χ0n) is 30.6. The van der Waals surface area contributed by atoms with Crippen LogP contribution >= 0.6 is 11.3 Å². The summed E-state index contributed by atoms with van der Waals surface area (Å²) < 4.78 is 11.2. The highest BCUT2D eigenvalue weighted by Crippen LogP contribution is 2.43. The summed E-state index contributed by atoms with van der Waals surface area (Å²) in [6.07, 6.45) is -0.263. The monoisotopic (exact) mass is 748 g/mol. The molecule has 5 nitrogen and oxygen atoms in total. The minimum atomic E-state index is -0.263. The molecule has 1 atom stereocenters. The van der Waals surface area contributed by atoms with Crippen LogP contribution in [0.15, 0.2) is 196 Å². The zero-order valence-corrected chi connectivity index (χ0v) is 31.4. The minimum absolute atomic E-state index is 0.263. The van der Waals surface area contributed by atoms with Gasteiger partial charge < -0.3 is 14.3 Å². The first-order chi connectivity index (χ1) is 28.2. The topological polar surface area (TPSA) is 54.8 Å². The molecular weight excluding hydrogens is 717 g/mol. The number of aromatic nitrogens is 1. The standard InChI is InChI=1S/C51H32N4OS/c1-3-13-31(14-4-1)49-52-50(32-15-5-2-6-16-32)54-51(53-49)39-21-11-20-38-47-35(19-12-24-46(47)57-48(38)39)33-25-27-44-40(29-33)41-30-34(26-28-45(41)56-44)55-42-22-9-7-17-36(42)37-18-8-10-23-43(37)55/h1-30,49H,(H,52,53,54). The first kappa shape index (κ1) is 32.0. The molecule has 1 aliphatic heterocycles. The third-order valence-corrected chi connectivity index (χ3v) is 12.5. The van der Waals surface area contributed by atoms with Gasteiger partial charge in [0, 0.05) is 58.5 Å². The van der Waals surface area contributed by atoms with E-state index in [1.54, 1.807) is 0 Å². The molecule has 0 saturated heterocycles. The molecule has 0 fully saturated rings. The largest absolute Gasteiger partial charge is 0.456 e. The van der Waals surface area contributed by atoms with Crippen molar-refractivity contribution in [3.8, 4) is 16.8 Å². The molecule has 0 saturated carbocycles. The van der Waals surface area contributed by atoms with Crippen LogP contribution in [-0.4, -0.2) is 16.2 Å². The number of fused-ring (bicyclic) bond motifs is 9. The number of hydrogen-bond donors (Lipinski definition) is 1. The van der Waals surface area contributed by atoms with E-state index in [2.05, 4.69) is 168 Å². The lowest BCUT2D eigenvalue weighted by atomic mass is 9.97. The van der Waals surface area contributed by atoms with Gasteiger partial charge in [-0.2, -0.15) is 0 Å². The maximum atomic E-state index is 6.46. The fourth-order valence-electron chi connectivity index (χ4n) is 8.66. The van der Waals surface area contributed by atoms with Gasteiger partial charge in [0.25, 0.3) is 0 Å². The predicted octanol–water partition coefficient (Wildman–Crippen LogP) is 13.2. The predicted molar refractivity (Wildman–Crippen MR) is 238 cm³/mol. The van der Waals surface area contributed by atoms with Gasteiger partial charge in [0.2, 0.25) is 0 Å². The van der Waals surface area contributed by atoms with Crippen molar-refractivity contribution in [1.82, 2.24) is 9.88 Å². The quantitative estimate of drug-likeness (QED) is 0.191. The highest BCUT2D eigenvalue weighted by Gasteiger charge is 2.24. The summed E-state index contributed by atoms with van der Waals surface area (Å²) in [6, 6.07) is 64.3. The highest BCUT2D eigenvalue weighted by atomic mass is 32.1. The lowest BCUT2D eigenvalue weighted by Gasteiger charge is -2.24. The maximum Gasteiger partial charge on any atom is 0.159 e. The Morgan fingerprint density at radius 3 is 1.96 bits per heavy atom. The molecule has 0 spiro atoms. The number of benzene rings is 8. The van der Waals surface area contributed by atoms with Gasteiger partial charge >= 0.3 is 0 Å². The van der Waals surface area contributed by atoms with E-state index in [0.29, 0.717) is 0 Å². The fourth-order valence-corrected chi connectivity index (χ4v) is 9.90. The van der Waals surface area contributed by atoms with Crippen LogP contribution in [0.4, 0.5) is 0 Å². The summed E-state index contributed by atoms with van der Waals surface area (Å²) in [7, 11) is 0. The Labute approximate surface area is 331 Å². The lowest BCUT2D eigenvalue weighted by Crippen LogP contribution is -2.33. The first-order valence-corrected chi connectivity index (χ1v) is 20.0. The SMILES string of the molecule is c1ccc(C2=NC(c3ccccc3)NC(c3cccc4c3sc3cccc(-c5ccc6oc7ccc(-n8c9ccccc9c9ccccc98)cc7c6c5)c34)=N2)cc1. The van der Waals surface area contributed by atoms with Crippen LogP contribution in [0.25, 0.3) is 80.7 Å². The summed E-state index contributed by atoms with van der Waals surface area (Å²) >= 11 is 1.81. The molecule has 3 aromatic heterocycles. The van der Waals surface area contributed by atoms with E-state index in [1.807, 2.05) is 35.6 Å². The molecule has 1 N–H and O–H groups in total. The summed E-state index contributed by atoms with van der Waals surface area (Å²) in [6.45, 7) is 0. The zero-order chi connectivity index (χ0) is 37.5. The second-order valence-corrected chi connectivity index (χ2v) is 15.6. The van der Waals surface area contributed by atoms with Crippen LogP contribution in [0.2, 0.25) is 0 Å². The minimum Gasteiger partial charge on any atom is -0.456 e. The molecule has 6 heteroatoms. The number of thiophene rings is 1. The lowest BCUT2D eigenvalue weighted by molar-refractivity contribution is 0.669. The van der Waals surface area contributed by atoms with Gasteiger partial charge in [0.1, 0.15) is 23.2 Å². The summed E-state index contributed by atoms with van der Waals surface area (Å²) in [5.74, 6) is 1.54. The average Bonchev–Trinajstić information content (AvgIpc) is 3.96. The molecule has 57 heavy (non-hydrogen) atoms. The molecule has 0 amide bonds. The van der Waals surface area contributed by atoms with Gasteiger partial charge in [-0.25, -0.2) is 9.98 Å². The summed E-state index contributed by atoms with van der Waals surface area (Å²) in [4.78, 5) is 10.2. The Hall–Kier alpha value is -7.28. The third kappa shape index (κ3) is 5.08. The number of rotatable bonds is 5. The van der Waals surface area contributed by atoms with Gasteiger partial charge in [-0.15, -0.1) is 11.3 Å². The molecule has 11 aromatic rings. The van der Waals surface area contributed by atoms with Crippen LogP contribution in [0.5, 0.6) is 0 Å². The van der Waals surface area contributed by atoms with Gasteiger partial charge in [0.05, 0.1) is 11.0 Å². The molecule has 12 rings (SSSR count). The smallest absolute Gasteiger partial charge is 0.159 e. The summed E-state index contributed by atoms with van der Waals surface area (Å²) in [5, 5.41) is 10.8. The van der Waals surface area contributed by atoms with Crippen molar-refractivity contribution >= 4 is 86.9 Å². The molecule has 268 valence electrons. The van der Waals surface area contributed by atoms with E-state index in [4.69, 9.17) is 14.4 Å². The molecule has 4 heterocycles. The van der Waals surface area contributed by atoms with Crippen molar-refractivity contribution in [2.24, 2.45) is 9.98 Å². The molecule has 1 aliphatic rings. The van der Waals surface area contributed by atoms with E-state index in [-0.39, 0.29) is 6.17 Å². The Bertz CT molecular complexity index is 3390. The van der Waals surface area contributed by atoms with E-state index < -0.39 is 0 Å². The highest BCUT2D eigenvalue weighted by molar-refractivity contribution is 7.26. The van der Waals surface area contributed by atoms with Crippen molar-refractivity contribution in [3.05, 3.63) is 199 Å². The van der Waals surface area contributed by atoms with Crippen LogP contribution in [0, 0.1) is 0 Å². The number of nitrogens with one attached hydrogen (secondary N) is 1. The second kappa shape index (κ2) is 12.6. The Morgan fingerprint density at radius 1 is 0.526 bits per heavy atom. The van der Waals surface area contributed by atoms with Crippen molar-refractivity contribution < 1.29 is 4.42 Å². The van der Waals surface area contributed by atoms with Crippen molar-refractivity contribution in [3.63, 3.8) is 0 Å². The van der Waals surface area contributed by atoms with Crippen LogP contribution in [0.1, 0.15) is 22.9 Å². The van der Waals surface area contributed by atoms with Crippen LogP contribution < -0.4 is 5.32 Å². The number of nitrogens with zero attached hydrogens (tertiary/aromatic N) is 3. The normalized spacial score (nSPS) is 14.5. The molecule has 1 unspecified atom stereocenters. The van der Waals surface area contributed by atoms with Gasteiger partial charge in [-0.3, -0.25) is 0 Å². The fraction of sp³-hybridized carbons (Fsp3) is 0.0196. The maximum absolute atomic E-state index is 6.46. The summed E-state index contributed by atoms with van der Waals surface area (Å²) in [5.41, 5.74) is 10.7. The second-order valence-electron chi connectivity index (χ2n) is 14.6. The number of furan rings is 1. The van der Waals surface area contributed by atoms with E-state index in [9.17, 15) is 0 Å². The third-order valence-electron chi connectivity index (χ3n) is 11.3.